The molecule has 0 N–H and O–H groups in total. The number of aromatic nitrogens is 2. The number of ether oxygens (including phenoxy) is 2. The van der Waals surface area contributed by atoms with E-state index in [0.29, 0.717) is 15.8 Å². The fourth-order valence-electron chi connectivity index (χ4n) is 2.33. The van der Waals surface area contributed by atoms with E-state index < -0.39 is 5.97 Å². The van der Waals surface area contributed by atoms with Crippen molar-refractivity contribution < 1.29 is 28.7 Å². The topological polar surface area (TPSA) is 113 Å². The molecule has 0 saturated heterocycles. The quantitative estimate of drug-likeness (QED) is 0.271. The number of thiazole rings is 2. The van der Waals surface area contributed by atoms with Crippen LogP contribution in [0.15, 0.2) is 47.4 Å². The van der Waals surface area contributed by atoms with Gasteiger partial charge in [-0.05, 0) is 17.7 Å². The molecule has 0 saturated carbocycles. The summed E-state index contributed by atoms with van der Waals surface area (Å²) in [5.41, 5.74) is 0.844. The number of esters is 1. The summed E-state index contributed by atoms with van der Waals surface area (Å²) in [4.78, 5) is 53.0. The van der Waals surface area contributed by atoms with E-state index in [0.717, 1.165) is 5.56 Å². The van der Waals surface area contributed by atoms with Crippen molar-refractivity contribution in [1.82, 2.24) is 9.97 Å². The fraction of sp³-hybridized carbons (Fsp3) is 0.238. The van der Waals surface area contributed by atoms with E-state index in [-0.39, 0.29) is 36.6 Å². The second-order valence-corrected chi connectivity index (χ2v) is 7.81. The molecule has 0 aliphatic heterocycles. The summed E-state index contributed by atoms with van der Waals surface area (Å²) >= 11 is 2.47. The summed E-state index contributed by atoms with van der Waals surface area (Å²) in [5, 5.41) is 4.14. The molecule has 0 unspecified atom stereocenters. The van der Waals surface area contributed by atoms with Gasteiger partial charge < -0.3 is 9.47 Å². The van der Waals surface area contributed by atoms with Gasteiger partial charge in [-0.25, -0.2) is 9.97 Å². The van der Waals surface area contributed by atoms with Gasteiger partial charge in [0.2, 0.25) is 5.78 Å². The molecule has 0 amide bonds. The molecule has 3 aromatic rings. The molecule has 0 aliphatic carbocycles. The molecule has 0 atom stereocenters. The zero-order chi connectivity index (χ0) is 22.6. The molecule has 0 spiro atoms. The fourth-order valence-corrected chi connectivity index (χ4v) is 3.48. The predicted octanol–water partition coefficient (Wildman–Crippen LogP) is 3.43. The van der Waals surface area contributed by atoms with Crippen LogP contribution in [0, 0.1) is 0 Å². The zero-order valence-electron chi connectivity index (χ0n) is 16.9. The van der Waals surface area contributed by atoms with Gasteiger partial charge in [-0.1, -0.05) is 12.1 Å². The highest BCUT2D eigenvalue weighted by Gasteiger charge is 2.15. The summed E-state index contributed by atoms with van der Waals surface area (Å²) in [6.07, 6.45) is 2.97. The number of Topliss-reactive ketones (excluding diaryl/α,β-unsaturated/α-hetero) is 3. The zero-order valence-corrected chi connectivity index (χ0v) is 18.5. The molecule has 0 aliphatic rings. The van der Waals surface area contributed by atoms with Crippen LogP contribution in [-0.2, 0) is 20.7 Å². The lowest BCUT2D eigenvalue weighted by Gasteiger charge is -2.03. The van der Waals surface area contributed by atoms with Gasteiger partial charge in [0.05, 0.1) is 20.6 Å². The van der Waals surface area contributed by atoms with E-state index in [2.05, 4.69) is 14.7 Å². The van der Waals surface area contributed by atoms with Crippen LogP contribution < -0.4 is 4.74 Å². The molecule has 8 nitrogen and oxygen atoms in total. The molecule has 3 rings (SSSR count). The van der Waals surface area contributed by atoms with E-state index in [4.69, 9.17) is 4.74 Å². The summed E-state index contributed by atoms with van der Waals surface area (Å²) in [7, 11) is 2.82. The minimum absolute atomic E-state index is 0.106. The lowest BCUT2D eigenvalue weighted by molar-refractivity contribution is -0.139. The number of carbonyl (C=O) groups excluding carboxylic acids is 4. The van der Waals surface area contributed by atoms with Crippen molar-refractivity contribution in [1.29, 1.82) is 0 Å². The lowest BCUT2D eigenvalue weighted by atomic mass is 10.1. The van der Waals surface area contributed by atoms with E-state index in [1.54, 1.807) is 30.1 Å². The van der Waals surface area contributed by atoms with E-state index in [1.165, 1.54) is 36.0 Å². The summed E-state index contributed by atoms with van der Waals surface area (Å²) in [6.45, 7) is 0. The van der Waals surface area contributed by atoms with Crippen LogP contribution in [-0.4, -0.2) is 47.5 Å². The number of hydrogen-bond donors (Lipinski definition) is 0. The van der Waals surface area contributed by atoms with Crippen molar-refractivity contribution in [2.45, 2.75) is 19.3 Å². The maximum absolute atomic E-state index is 11.8. The summed E-state index contributed by atoms with van der Waals surface area (Å²) in [5.74, 6) is -0.458. The summed E-state index contributed by atoms with van der Waals surface area (Å²) in [6, 6.07) is 7.28. The van der Waals surface area contributed by atoms with Gasteiger partial charge >= 0.3 is 5.97 Å². The lowest BCUT2D eigenvalue weighted by Crippen LogP contribution is -2.10. The Balaban J connectivity index is 0.000000245. The largest absolute Gasteiger partial charge is 0.497 e. The van der Waals surface area contributed by atoms with E-state index in [9.17, 15) is 19.2 Å². The maximum Gasteiger partial charge on any atom is 0.313 e. The Morgan fingerprint density at radius 2 is 1.52 bits per heavy atom. The molecule has 0 fully saturated rings. The predicted molar refractivity (Wildman–Crippen MR) is 116 cm³/mol. The highest BCUT2D eigenvalue weighted by atomic mass is 32.1. The van der Waals surface area contributed by atoms with Crippen LogP contribution >= 0.6 is 22.7 Å². The highest BCUT2D eigenvalue weighted by molar-refractivity contribution is 7.12. The molecule has 162 valence electrons. The maximum atomic E-state index is 11.8. The third kappa shape index (κ3) is 8.19. The van der Waals surface area contributed by atoms with Gasteiger partial charge in [-0.15, -0.1) is 22.7 Å². The molecule has 0 radical (unpaired) electrons. The van der Waals surface area contributed by atoms with Crippen LogP contribution in [0.3, 0.4) is 0 Å². The molecule has 1 aromatic carbocycles. The first-order valence-corrected chi connectivity index (χ1v) is 10.8. The molecule has 10 heteroatoms. The Morgan fingerprint density at radius 1 is 0.903 bits per heavy atom. The van der Waals surface area contributed by atoms with Gasteiger partial charge in [-0.2, -0.15) is 0 Å². The smallest absolute Gasteiger partial charge is 0.313 e. The van der Waals surface area contributed by atoms with Crippen LogP contribution in [0.5, 0.6) is 5.75 Å². The Labute approximate surface area is 186 Å². The number of hydrogen-bond acceptors (Lipinski definition) is 10. The third-order valence-corrected chi connectivity index (χ3v) is 5.40. The normalized spacial score (nSPS) is 9.87. The van der Waals surface area contributed by atoms with Gasteiger partial charge in [0.15, 0.2) is 15.8 Å². The van der Waals surface area contributed by atoms with Crippen molar-refractivity contribution in [3.8, 4) is 5.75 Å². The Kier molecular flexibility index (Phi) is 9.66. The van der Waals surface area contributed by atoms with Crippen LogP contribution in [0.1, 0.15) is 38.0 Å². The Morgan fingerprint density at radius 3 is 2.03 bits per heavy atom. The number of nitrogens with zero attached hydrogens (tertiary/aromatic N) is 2. The number of carbonyl (C=O) groups is 4. The molecule has 0 bridgehead atoms. The van der Waals surface area contributed by atoms with Gasteiger partial charge in [0.25, 0.3) is 0 Å². The first-order valence-electron chi connectivity index (χ1n) is 8.99. The Bertz CT molecular complexity index is 1020. The third-order valence-electron chi connectivity index (χ3n) is 3.77. The average Bonchev–Trinajstić information content (AvgIpc) is 3.48. The summed E-state index contributed by atoms with van der Waals surface area (Å²) < 4.78 is 9.43. The molecule has 2 aromatic heterocycles. The van der Waals surface area contributed by atoms with Gasteiger partial charge in [-0.3, -0.25) is 19.2 Å². The highest BCUT2D eigenvalue weighted by Crippen LogP contribution is 2.14. The monoisotopic (exact) mass is 460 g/mol. The second kappa shape index (κ2) is 12.5. The Hall–Kier alpha value is -3.24. The standard InChI is InChI=1S/C14H13NO3S.C7H7NO3S/c1-18-12-4-2-3-10(8-12)7-11(16)9-13(17)14-15-5-6-19-14;1-11-6(10)4-5(9)7-8-2-3-12-7/h2-6,8H,7,9H2,1H3;2-3H,4H2,1H3. The van der Waals surface area contributed by atoms with Crippen molar-refractivity contribution in [3.05, 3.63) is 63.0 Å². The van der Waals surface area contributed by atoms with Crippen molar-refractivity contribution in [2.24, 2.45) is 0 Å². The van der Waals surface area contributed by atoms with E-state index in [1.807, 2.05) is 18.2 Å². The van der Waals surface area contributed by atoms with Gasteiger partial charge in [0.1, 0.15) is 18.0 Å². The minimum atomic E-state index is -0.532. The first-order chi connectivity index (χ1) is 14.9. The van der Waals surface area contributed by atoms with Crippen LogP contribution in [0.25, 0.3) is 0 Å². The van der Waals surface area contributed by atoms with Crippen molar-refractivity contribution in [2.75, 3.05) is 14.2 Å². The van der Waals surface area contributed by atoms with Crippen molar-refractivity contribution in [3.63, 3.8) is 0 Å². The van der Waals surface area contributed by atoms with E-state index >= 15 is 0 Å². The van der Waals surface area contributed by atoms with Crippen LogP contribution in [0.2, 0.25) is 0 Å². The average molecular weight is 461 g/mol. The molecule has 2 heterocycles. The van der Waals surface area contributed by atoms with Crippen molar-refractivity contribution >= 4 is 46.0 Å². The number of benzene rings is 1. The minimum Gasteiger partial charge on any atom is -0.497 e. The molecular formula is C21H20N2O6S2. The second-order valence-electron chi connectivity index (χ2n) is 6.02. The number of methoxy groups -OCH3 is 2. The van der Waals surface area contributed by atoms with Crippen LogP contribution in [0.4, 0.5) is 0 Å². The first kappa shape index (κ1) is 24.0. The SMILES string of the molecule is COC(=O)CC(=O)c1nccs1.COc1cccc(CC(=O)CC(=O)c2nccs2)c1. The number of ketones is 3. The van der Waals surface area contributed by atoms with Gasteiger partial charge in [0, 0.05) is 29.6 Å². The number of rotatable bonds is 9. The molecule has 31 heavy (non-hydrogen) atoms. The molecular weight excluding hydrogens is 440 g/mol.